The Hall–Kier alpha value is -3.13. The number of methoxy groups -OCH3 is 1. The van der Waals surface area contributed by atoms with Crippen LogP contribution in [0.5, 0.6) is 0 Å². The molecular weight excluding hydrogens is 392 g/mol. The Morgan fingerprint density at radius 3 is 2.34 bits per heavy atom. The van der Waals surface area contributed by atoms with Crippen LogP contribution in [0.1, 0.15) is 36.6 Å². The van der Waals surface area contributed by atoms with Crippen LogP contribution in [0.4, 0.5) is 5.69 Å². The number of rotatable bonds is 7. The monoisotopic (exact) mass is 412 g/mol. The van der Waals surface area contributed by atoms with Gasteiger partial charge in [-0.15, -0.1) is 0 Å². The van der Waals surface area contributed by atoms with Crippen LogP contribution in [0, 0.1) is 6.92 Å². The third-order valence-corrected chi connectivity index (χ3v) is 5.44. The minimum atomic E-state index is -0.476. The lowest BCUT2D eigenvalue weighted by atomic mass is 10.1. The van der Waals surface area contributed by atoms with Crippen molar-refractivity contribution in [2.45, 2.75) is 6.92 Å². The van der Waals surface area contributed by atoms with E-state index in [1.54, 1.807) is 42.5 Å². The van der Waals surface area contributed by atoms with Gasteiger partial charge in [-0.3, -0.25) is 19.3 Å². The van der Waals surface area contributed by atoms with Crippen LogP contribution in [-0.2, 0) is 9.53 Å². The van der Waals surface area contributed by atoms with E-state index >= 15 is 0 Å². The first-order chi connectivity index (χ1) is 13.9. The van der Waals surface area contributed by atoms with Gasteiger partial charge < -0.3 is 10.1 Å². The predicted octanol–water partition coefficient (Wildman–Crippen LogP) is 2.75. The number of imide groups is 1. The number of hydrogen-bond donors (Lipinski definition) is 1. The molecule has 8 heteroatoms. The highest BCUT2D eigenvalue weighted by molar-refractivity contribution is 7.99. The number of amides is 3. The fourth-order valence-corrected chi connectivity index (χ4v) is 3.66. The number of fused-ring (bicyclic) bond motifs is 1. The van der Waals surface area contributed by atoms with Crippen LogP contribution in [0.3, 0.4) is 0 Å². The lowest BCUT2D eigenvalue weighted by Gasteiger charge is -2.13. The summed E-state index contributed by atoms with van der Waals surface area (Å²) in [5.74, 6) is -0.708. The number of benzene rings is 2. The summed E-state index contributed by atoms with van der Waals surface area (Å²) in [6.45, 7) is 2.06. The second kappa shape index (κ2) is 8.91. The predicted molar refractivity (Wildman–Crippen MR) is 110 cm³/mol. The first kappa shape index (κ1) is 20.6. The van der Waals surface area contributed by atoms with Gasteiger partial charge in [-0.05, 0) is 36.8 Å². The highest BCUT2D eigenvalue weighted by Crippen LogP contribution is 2.23. The summed E-state index contributed by atoms with van der Waals surface area (Å²) in [5, 5.41) is 2.77. The van der Waals surface area contributed by atoms with E-state index in [-0.39, 0.29) is 30.0 Å². The lowest BCUT2D eigenvalue weighted by Crippen LogP contribution is -2.32. The van der Waals surface area contributed by atoms with Crippen molar-refractivity contribution >= 4 is 41.1 Å². The summed E-state index contributed by atoms with van der Waals surface area (Å²) in [5.41, 5.74) is 2.55. The van der Waals surface area contributed by atoms with Gasteiger partial charge in [0.15, 0.2) is 0 Å². The fraction of sp³-hybridized carbons (Fsp3) is 0.238. The number of nitrogens with one attached hydrogen (secondary N) is 1. The van der Waals surface area contributed by atoms with Crippen molar-refractivity contribution in [1.82, 2.24) is 4.90 Å². The van der Waals surface area contributed by atoms with Crippen LogP contribution in [0.25, 0.3) is 0 Å². The molecule has 3 rings (SSSR count). The van der Waals surface area contributed by atoms with E-state index in [1.807, 2.05) is 6.92 Å². The molecule has 0 bridgehead atoms. The Morgan fingerprint density at radius 1 is 1.07 bits per heavy atom. The van der Waals surface area contributed by atoms with Gasteiger partial charge in [0.25, 0.3) is 11.8 Å². The lowest BCUT2D eigenvalue weighted by molar-refractivity contribution is -0.113. The average molecular weight is 412 g/mol. The van der Waals surface area contributed by atoms with E-state index in [0.717, 1.165) is 5.56 Å². The first-order valence-corrected chi connectivity index (χ1v) is 10.1. The first-order valence-electron chi connectivity index (χ1n) is 8.94. The zero-order valence-corrected chi connectivity index (χ0v) is 16.9. The molecule has 0 radical (unpaired) electrons. The topological polar surface area (TPSA) is 92.8 Å². The van der Waals surface area contributed by atoms with Crippen LogP contribution in [0.15, 0.2) is 42.5 Å². The van der Waals surface area contributed by atoms with Crippen LogP contribution in [-0.4, -0.2) is 53.8 Å². The molecule has 7 nitrogen and oxygen atoms in total. The molecule has 0 aromatic heterocycles. The summed E-state index contributed by atoms with van der Waals surface area (Å²) in [6, 6.07) is 11.7. The fourth-order valence-electron chi connectivity index (χ4n) is 2.95. The van der Waals surface area contributed by atoms with E-state index in [1.165, 1.54) is 23.8 Å². The maximum absolute atomic E-state index is 12.3. The number of anilines is 1. The van der Waals surface area contributed by atoms with Gasteiger partial charge in [0, 0.05) is 18.0 Å². The van der Waals surface area contributed by atoms with Crippen molar-refractivity contribution in [1.29, 1.82) is 0 Å². The number of aryl methyl sites for hydroxylation is 1. The number of nitrogens with zero attached hydrogens (tertiary/aromatic N) is 1. The quantitative estimate of drug-likeness (QED) is 0.427. The molecule has 0 saturated heterocycles. The minimum Gasteiger partial charge on any atom is -0.465 e. The molecule has 29 heavy (non-hydrogen) atoms. The van der Waals surface area contributed by atoms with Crippen LogP contribution in [0.2, 0.25) is 0 Å². The SMILES string of the molecule is COC(=O)c1ccc(C)c(NC(=O)CSCCN2C(=O)c3ccccc3C2=O)c1. The van der Waals surface area contributed by atoms with Crippen molar-refractivity contribution < 1.29 is 23.9 Å². The van der Waals surface area contributed by atoms with Gasteiger partial charge >= 0.3 is 5.97 Å². The largest absolute Gasteiger partial charge is 0.465 e. The van der Waals surface area contributed by atoms with E-state index in [9.17, 15) is 19.2 Å². The molecule has 1 N–H and O–H groups in total. The zero-order valence-electron chi connectivity index (χ0n) is 16.1. The van der Waals surface area contributed by atoms with E-state index in [0.29, 0.717) is 28.1 Å². The van der Waals surface area contributed by atoms with Crippen molar-refractivity contribution in [3.63, 3.8) is 0 Å². The molecule has 150 valence electrons. The molecule has 1 aliphatic heterocycles. The van der Waals surface area contributed by atoms with Crippen molar-refractivity contribution in [3.8, 4) is 0 Å². The summed E-state index contributed by atoms with van der Waals surface area (Å²) in [6.07, 6.45) is 0. The highest BCUT2D eigenvalue weighted by atomic mass is 32.2. The van der Waals surface area contributed by atoms with E-state index < -0.39 is 5.97 Å². The summed E-state index contributed by atoms with van der Waals surface area (Å²) < 4.78 is 4.69. The zero-order chi connectivity index (χ0) is 21.0. The Kier molecular flexibility index (Phi) is 6.33. The minimum absolute atomic E-state index is 0.158. The highest BCUT2D eigenvalue weighted by Gasteiger charge is 2.34. The normalized spacial score (nSPS) is 12.7. The summed E-state index contributed by atoms with van der Waals surface area (Å²) in [4.78, 5) is 49.7. The molecular formula is C21H20N2O5S. The maximum Gasteiger partial charge on any atom is 0.337 e. The number of carbonyl (C=O) groups excluding carboxylic acids is 4. The molecule has 0 fully saturated rings. The van der Waals surface area contributed by atoms with Gasteiger partial charge in [-0.2, -0.15) is 11.8 Å². The number of ether oxygens (including phenoxy) is 1. The molecule has 2 aromatic carbocycles. The number of esters is 1. The third-order valence-electron chi connectivity index (χ3n) is 4.50. The molecule has 1 aliphatic rings. The maximum atomic E-state index is 12.3. The Balaban J connectivity index is 1.50. The Morgan fingerprint density at radius 2 is 1.72 bits per heavy atom. The van der Waals surface area contributed by atoms with E-state index in [4.69, 9.17) is 0 Å². The van der Waals surface area contributed by atoms with Gasteiger partial charge in [0.1, 0.15) is 0 Å². The van der Waals surface area contributed by atoms with E-state index in [2.05, 4.69) is 10.1 Å². The van der Waals surface area contributed by atoms with Crippen molar-refractivity contribution in [2.24, 2.45) is 0 Å². The van der Waals surface area contributed by atoms with Crippen LogP contribution >= 0.6 is 11.8 Å². The number of carbonyl (C=O) groups is 4. The average Bonchev–Trinajstić information content (AvgIpc) is 2.97. The molecule has 3 amide bonds. The van der Waals surface area contributed by atoms with Gasteiger partial charge in [0.05, 0.1) is 29.6 Å². The standard InChI is InChI=1S/C21H20N2O5S/c1-13-7-8-14(21(27)28-2)11-17(13)22-18(24)12-29-10-9-23-19(25)15-5-3-4-6-16(15)20(23)26/h3-8,11H,9-10,12H2,1-2H3,(H,22,24). The molecule has 0 saturated carbocycles. The van der Waals surface area contributed by atoms with Crippen LogP contribution < -0.4 is 5.32 Å². The number of hydrogen-bond acceptors (Lipinski definition) is 6. The molecule has 0 atom stereocenters. The third kappa shape index (κ3) is 4.48. The molecule has 0 spiro atoms. The second-order valence-corrected chi connectivity index (χ2v) is 7.53. The van der Waals surface area contributed by atoms with Crippen molar-refractivity contribution in [3.05, 3.63) is 64.7 Å². The second-order valence-electron chi connectivity index (χ2n) is 6.43. The Labute approximate surface area is 172 Å². The van der Waals surface area contributed by atoms with Gasteiger partial charge in [-0.1, -0.05) is 18.2 Å². The Bertz CT molecular complexity index is 954. The molecule has 0 aliphatic carbocycles. The van der Waals surface area contributed by atoms with Crippen molar-refractivity contribution in [2.75, 3.05) is 30.5 Å². The smallest absolute Gasteiger partial charge is 0.337 e. The van der Waals surface area contributed by atoms with Gasteiger partial charge in [0.2, 0.25) is 5.91 Å². The summed E-state index contributed by atoms with van der Waals surface area (Å²) in [7, 11) is 1.30. The molecule has 1 heterocycles. The van der Waals surface area contributed by atoms with Gasteiger partial charge in [-0.25, -0.2) is 4.79 Å². The molecule has 2 aromatic rings. The number of thioether (sulfide) groups is 1. The molecule has 0 unspecified atom stereocenters. The summed E-state index contributed by atoms with van der Waals surface area (Å²) >= 11 is 1.32.